The van der Waals surface area contributed by atoms with Crippen molar-refractivity contribution in [2.75, 3.05) is 0 Å². The fraction of sp³-hybridized carbons (Fsp3) is 0. The van der Waals surface area contributed by atoms with Crippen LogP contribution in [-0.4, -0.2) is 20.5 Å². The second-order valence-electron chi connectivity index (χ2n) is 2.75. The summed E-state index contributed by atoms with van der Waals surface area (Å²) in [6, 6.07) is 0. The number of carbonyl (C=O) groups excluding carboxylic acids is 2. The quantitative estimate of drug-likeness (QED) is 0.556. The summed E-state index contributed by atoms with van der Waals surface area (Å²) in [7, 11) is 0. The van der Waals surface area contributed by atoms with Gasteiger partial charge in [-0.25, -0.2) is 0 Å². The molecule has 16 heavy (non-hydrogen) atoms. The Morgan fingerprint density at radius 3 is 1.50 bits per heavy atom. The highest BCUT2D eigenvalue weighted by atomic mass is 32.2. The van der Waals surface area contributed by atoms with E-state index in [0.717, 1.165) is 0 Å². The number of carbonyl (C=O) groups is 2. The number of amides is 2. The minimum absolute atomic E-state index is 0.238. The third-order valence-corrected chi connectivity index (χ3v) is 4.03. The second kappa shape index (κ2) is 4.66. The maximum Gasteiger partial charge on any atom is 0.263 e. The van der Waals surface area contributed by atoms with E-state index in [1.54, 1.807) is 12.2 Å². The molecule has 0 saturated carbocycles. The second-order valence-corrected chi connectivity index (χ2v) is 6.19. The van der Waals surface area contributed by atoms with Crippen LogP contribution in [0.1, 0.15) is 0 Å². The molecule has 2 rings (SSSR count). The topological polar surface area (TPSA) is 58.2 Å². The van der Waals surface area contributed by atoms with Crippen molar-refractivity contribution in [3.63, 3.8) is 0 Å². The van der Waals surface area contributed by atoms with E-state index in [-0.39, 0.29) is 11.8 Å². The predicted octanol–water partition coefficient (Wildman–Crippen LogP) is 1.05. The van der Waals surface area contributed by atoms with Crippen molar-refractivity contribution in [2.24, 2.45) is 0 Å². The Morgan fingerprint density at radius 2 is 1.25 bits per heavy atom. The summed E-state index contributed by atoms with van der Waals surface area (Å²) in [5.41, 5.74) is 0. The van der Waals surface area contributed by atoms with Gasteiger partial charge >= 0.3 is 0 Å². The van der Waals surface area contributed by atoms with E-state index in [1.165, 1.54) is 23.5 Å². The van der Waals surface area contributed by atoms with E-state index < -0.39 is 0 Å². The molecule has 82 valence electrons. The van der Waals surface area contributed by atoms with Gasteiger partial charge in [0.1, 0.15) is 8.64 Å². The van der Waals surface area contributed by atoms with Gasteiger partial charge in [0.25, 0.3) is 11.8 Å². The number of nitrogens with one attached hydrogen (secondary N) is 2. The van der Waals surface area contributed by atoms with Gasteiger partial charge in [-0.15, -0.1) is 0 Å². The summed E-state index contributed by atoms with van der Waals surface area (Å²) < 4.78 is 0.849. The first-order valence-corrected chi connectivity index (χ1v) is 6.49. The standard InChI is InChI=1S/C8H4N2O2S4/c11-5-3(15-7(13)9-5)1-2-4-6(12)10-8(14)16-4/h1-2H,(H,9,11,13)(H,10,12,14)/b3-1+,4-2+. The largest absolute Gasteiger partial charge is 0.307 e. The average molecular weight is 288 g/mol. The highest BCUT2D eigenvalue weighted by Crippen LogP contribution is 2.26. The lowest BCUT2D eigenvalue weighted by Gasteiger charge is -1.89. The van der Waals surface area contributed by atoms with E-state index in [0.29, 0.717) is 18.5 Å². The molecule has 8 heteroatoms. The fourth-order valence-electron chi connectivity index (χ4n) is 1.02. The Labute approximate surface area is 110 Å². The molecule has 0 radical (unpaired) electrons. The Morgan fingerprint density at radius 1 is 0.875 bits per heavy atom. The lowest BCUT2D eigenvalue weighted by molar-refractivity contribution is -0.116. The van der Waals surface area contributed by atoms with Gasteiger partial charge in [0.2, 0.25) is 0 Å². The Balaban J connectivity index is 2.17. The molecule has 0 aliphatic carbocycles. The first-order valence-electron chi connectivity index (χ1n) is 4.04. The highest BCUT2D eigenvalue weighted by Gasteiger charge is 2.24. The Kier molecular flexibility index (Phi) is 3.43. The molecule has 0 bridgehead atoms. The van der Waals surface area contributed by atoms with Crippen LogP contribution in [0.5, 0.6) is 0 Å². The van der Waals surface area contributed by atoms with Crippen LogP contribution in [0, 0.1) is 0 Å². The van der Waals surface area contributed by atoms with Crippen LogP contribution in [0.3, 0.4) is 0 Å². The van der Waals surface area contributed by atoms with E-state index in [1.807, 2.05) is 0 Å². The minimum atomic E-state index is -0.238. The van der Waals surface area contributed by atoms with Crippen molar-refractivity contribution >= 4 is 68.4 Å². The zero-order chi connectivity index (χ0) is 11.7. The van der Waals surface area contributed by atoms with E-state index in [9.17, 15) is 9.59 Å². The average Bonchev–Trinajstić information content (AvgIpc) is 2.66. The minimum Gasteiger partial charge on any atom is -0.307 e. The van der Waals surface area contributed by atoms with Crippen LogP contribution in [0.25, 0.3) is 0 Å². The summed E-state index contributed by atoms with van der Waals surface area (Å²) in [6.07, 6.45) is 3.13. The summed E-state index contributed by atoms with van der Waals surface area (Å²) in [5, 5.41) is 4.97. The first-order chi connectivity index (χ1) is 7.56. The molecule has 2 heterocycles. The molecule has 2 amide bonds. The fourth-order valence-corrected chi connectivity index (χ4v) is 2.99. The molecule has 2 aliphatic rings. The Bertz CT molecular complexity index is 436. The third kappa shape index (κ3) is 2.51. The van der Waals surface area contributed by atoms with Gasteiger partial charge in [0.05, 0.1) is 9.81 Å². The van der Waals surface area contributed by atoms with Gasteiger partial charge in [-0.3, -0.25) is 9.59 Å². The van der Waals surface area contributed by atoms with Gasteiger partial charge in [-0.1, -0.05) is 48.0 Å². The lowest BCUT2D eigenvalue weighted by Crippen LogP contribution is -2.18. The molecule has 4 nitrogen and oxygen atoms in total. The van der Waals surface area contributed by atoms with Crippen molar-refractivity contribution in [3.05, 3.63) is 22.0 Å². The molecule has 2 N–H and O–H groups in total. The number of thioether (sulfide) groups is 2. The van der Waals surface area contributed by atoms with Gasteiger partial charge in [-0.05, 0) is 12.2 Å². The van der Waals surface area contributed by atoms with Gasteiger partial charge in [0, 0.05) is 0 Å². The zero-order valence-corrected chi connectivity index (χ0v) is 10.9. The molecule has 0 atom stereocenters. The van der Waals surface area contributed by atoms with Crippen LogP contribution in [0.2, 0.25) is 0 Å². The molecule has 2 saturated heterocycles. The lowest BCUT2D eigenvalue weighted by atomic mass is 10.4. The van der Waals surface area contributed by atoms with Crippen LogP contribution < -0.4 is 10.6 Å². The normalized spacial score (nSPS) is 25.5. The van der Waals surface area contributed by atoms with Crippen LogP contribution in [-0.2, 0) is 9.59 Å². The van der Waals surface area contributed by atoms with Crippen molar-refractivity contribution in [3.8, 4) is 0 Å². The van der Waals surface area contributed by atoms with Crippen molar-refractivity contribution < 1.29 is 9.59 Å². The number of rotatable bonds is 1. The number of allylic oxidation sites excluding steroid dienone is 2. The van der Waals surface area contributed by atoms with Crippen molar-refractivity contribution in [2.45, 2.75) is 0 Å². The van der Waals surface area contributed by atoms with E-state index in [4.69, 9.17) is 24.4 Å². The van der Waals surface area contributed by atoms with Gasteiger partial charge in [0.15, 0.2) is 0 Å². The zero-order valence-electron chi connectivity index (χ0n) is 7.60. The maximum absolute atomic E-state index is 11.3. The predicted molar refractivity (Wildman–Crippen MR) is 72.8 cm³/mol. The molecular weight excluding hydrogens is 284 g/mol. The molecule has 0 unspecified atom stereocenters. The highest BCUT2D eigenvalue weighted by molar-refractivity contribution is 8.27. The maximum atomic E-state index is 11.3. The monoisotopic (exact) mass is 288 g/mol. The summed E-state index contributed by atoms with van der Waals surface area (Å²) in [6.45, 7) is 0. The molecular formula is C8H4N2O2S4. The molecule has 0 aromatic rings. The third-order valence-electron chi connectivity index (χ3n) is 1.67. The molecule has 0 spiro atoms. The molecule has 0 aromatic heterocycles. The van der Waals surface area contributed by atoms with Crippen LogP contribution in [0.15, 0.2) is 22.0 Å². The van der Waals surface area contributed by atoms with Crippen LogP contribution in [0.4, 0.5) is 0 Å². The number of hydrogen-bond acceptors (Lipinski definition) is 6. The first kappa shape index (κ1) is 11.8. The summed E-state index contributed by atoms with van der Waals surface area (Å²) in [4.78, 5) is 23.5. The van der Waals surface area contributed by atoms with Crippen LogP contribution >= 0.6 is 48.0 Å². The smallest absolute Gasteiger partial charge is 0.263 e. The molecule has 2 aliphatic heterocycles. The van der Waals surface area contributed by atoms with Gasteiger partial charge in [-0.2, -0.15) is 0 Å². The SMILES string of the molecule is O=C1NC(=S)S/C1=C/C=C1/SC(=S)NC1=O. The van der Waals surface area contributed by atoms with Gasteiger partial charge < -0.3 is 10.6 Å². The van der Waals surface area contributed by atoms with Crippen molar-refractivity contribution in [1.29, 1.82) is 0 Å². The van der Waals surface area contributed by atoms with E-state index in [2.05, 4.69) is 10.6 Å². The number of thiocarbonyl (C=S) groups is 2. The van der Waals surface area contributed by atoms with E-state index >= 15 is 0 Å². The summed E-state index contributed by atoms with van der Waals surface area (Å²) >= 11 is 12.0. The number of hydrogen-bond donors (Lipinski definition) is 2. The summed E-state index contributed by atoms with van der Waals surface area (Å²) in [5.74, 6) is -0.476. The Hall–Kier alpha value is -0.700. The molecule has 0 aromatic carbocycles. The molecule has 2 fully saturated rings. The van der Waals surface area contributed by atoms with Crippen molar-refractivity contribution in [1.82, 2.24) is 10.6 Å².